The molecule has 0 aromatic carbocycles. The molecule has 0 amide bonds. The molecule has 1 aliphatic heterocycles. The van der Waals surface area contributed by atoms with Crippen LogP contribution in [0.4, 0.5) is 0 Å². The van der Waals surface area contributed by atoms with E-state index in [2.05, 4.69) is 12.2 Å². The summed E-state index contributed by atoms with van der Waals surface area (Å²) in [5, 5.41) is 3.16. The fourth-order valence-corrected chi connectivity index (χ4v) is 1.62. The first-order valence-electron chi connectivity index (χ1n) is 6.90. The van der Waals surface area contributed by atoms with Crippen molar-refractivity contribution in [2.24, 2.45) is 5.73 Å². The fraction of sp³-hybridized carbons (Fsp3) is 1.00. The van der Waals surface area contributed by atoms with Gasteiger partial charge in [0.1, 0.15) is 0 Å². The van der Waals surface area contributed by atoms with Gasteiger partial charge in [-0.1, -0.05) is 45.4 Å². The minimum atomic E-state index is 0.869. The molecule has 0 saturated carbocycles. The number of nitrogens with two attached hydrogens (primary N) is 1. The Labute approximate surface area is 101 Å². The van der Waals surface area contributed by atoms with Crippen LogP contribution >= 0.6 is 0 Å². The Morgan fingerprint density at radius 1 is 0.938 bits per heavy atom. The predicted octanol–water partition coefficient (Wildman–Crippen LogP) is 2.30. The highest BCUT2D eigenvalue weighted by Gasteiger charge is 1.93. The van der Waals surface area contributed by atoms with Crippen LogP contribution in [0.1, 0.15) is 51.9 Å². The van der Waals surface area contributed by atoms with E-state index in [1.807, 2.05) is 0 Å². The standard InChI is InChI=1S/C9H21N.C4H9NO/c1-2-3-4-5-6-7-8-9-10;1-3-6-4-2-5-1/h2-10H2,1H3;5H,1-4H2. The molecule has 3 heteroatoms. The summed E-state index contributed by atoms with van der Waals surface area (Å²) >= 11 is 0. The quantitative estimate of drug-likeness (QED) is 0.660. The molecule has 0 aromatic rings. The van der Waals surface area contributed by atoms with Gasteiger partial charge in [-0.3, -0.25) is 0 Å². The van der Waals surface area contributed by atoms with Crippen LogP contribution < -0.4 is 11.1 Å². The average molecular weight is 230 g/mol. The SMILES string of the molecule is C1COCCN1.CCCCCCCCCN. The van der Waals surface area contributed by atoms with Gasteiger partial charge in [0, 0.05) is 13.1 Å². The minimum Gasteiger partial charge on any atom is -0.379 e. The van der Waals surface area contributed by atoms with E-state index in [0.29, 0.717) is 0 Å². The molecule has 0 aromatic heterocycles. The van der Waals surface area contributed by atoms with Crippen LogP contribution in [0.5, 0.6) is 0 Å². The molecule has 0 spiro atoms. The molecule has 0 aliphatic carbocycles. The van der Waals surface area contributed by atoms with Crippen molar-refractivity contribution >= 4 is 0 Å². The average Bonchev–Trinajstić information content (AvgIpc) is 2.37. The Morgan fingerprint density at radius 3 is 1.88 bits per heavy atom. The number of nitrogens with one attached hydrogen (secondary N) is 1. The number of hydrogen-bond acceptors (Lipinski definition) is 3. The predicted molar refractivity (Wildman–Crippen MR) is 70.7 cm³/mol. The van der Waals surface area contributed by atoms with Crippen molar-refractivity contribution in [1.82, 2.24) is 5.32 Å². The first kappa shape index (κ1) is 15.9. The number of morpholine rings is 1. The first-order valence-corrected chi connectivity index (χ1v) is 6.90. The minimum absolute atomic E-state index is 0.869. The van der Waals surface area contributed by atoms with Crippen molar-refractivity contribution in [1.29, 1.82) is 0 Å². The van der Waals surface area contributed by atoms with Crippen LogP contribution in [0.2, 0.25) is 0 Å². The van der Waals surface area contributed by atoms with Gasteiger partial charge in [0.25, 0.3) is 0 Å². The summed E-state index contributed by atoms with van der Waals surface area (Å²) in [6.45, 7) is 6.95. The van der Waals surface area contributed by atoms with E-state index in [1.54, 1.807) is 0 Å². The van der Waals surface area contributed by atoms with Gasteiger partial charge >= 0.3 is 0 Å². The van der Waals surface area contributed by atoms with Crippen molar-refractivity contribution in [3.63, 3.8) is 0 Å². The number of hydrogen-bond donors (Lipinski definition) is 2. The van der Waals surface area contributed by atoms with Crippen molar-refractivity contribution < 1.29 is 4.74 Å². The summed E-state index contributed by atoms with van der Waals surface area (Å²) in [5.41, 5.74) is 5.37. The van der Waals surface area contributed by atoms with Gasteiger partial charge < -0.3 is 15.8 Å². The molecule has 1 fully saturated rings. The highest BCUT2D eigenvalue weighted by molar-refractivity contribution is 4.49. The summed E-state index contributed by atoms with van der Waals surface area (Å²) in [6, 6.07) is 0. The second-order valence-corrected chi connectivity index (χ2v) is 4.27. The smallest absolute Gasteiger partial charge is 0.0591 e. The third kappa shape index (κ3) is 13.9. The summed E-state index contributed by atoms with van der Waals surface area (Å²) in [5.74, 6) is 0. The second-order valence-electron chi connectivity index (χ2n) is 4.27. The third-order valence-electron chi connectivity index (χ3n) is 2.65. The highest BCUT2D eigenvalue weighted by atomic mass is 16.5. The zero-order chi connectivity index (χ0) is 11.9. The van der Waals surface area contributed by atoms with Gasteiger partial charge in [-0.2, -0.15) is 0 Å². The molecule has 3 nitrogen and oxygen atoms in total. The van der Waals surface area contributed by atoms with Crippen molar-refractivity contribution in [2.75, 3.05) is 32.8 Å². The summed E-state index contributed by atoms with van der Waals surface area (Å²) < 4.78 is 5.01. The molecule has 3 N–H and O–H groups in total. The van der Waals surface area contributed by atoms with E-state index in [1.165, 1.54) is 44.9 Å². The maximum Gasteiger partial charge on any atom is 0.0591 e. The van der Waals surface area contributed by atoms with Gasteiger partial charge in [-0.25, -0.2) is 0 Å². The molecule has 0 bridgehead atoms. The monoisotopic (exact) mass is 230 g/mol. The van der Waals surface area contributed by atoms with Crippen LogP contribution in [0.15, 0.2) is 0 Å². The van der Waals surface area contributed by atoms with Gasteiger partial charge in [-0.15, -0.1) is 0 Å². The van der Waals surface area contributed by atoms with Crippen LogP contribution in [0.3, 0.4) is 0 Å². The fourth-order valence-electron chi connectivity index (χ4n) is 1.62. The Balaban J connectivity index is 0.000000315. The lowest BCUT2D eigenvalue weighted by molar-refractivity contribution is 0.109. The maximum absolute atomic E-state index is 5.37. The normalized spacial score (nSPS) is 15.4. The topological polar surface area (TPSA) is 47.3 Å². The molecule has 0 radical (unpaired) electrons. The van der Waals surface area contributed by atoms with E-state index >= 15 is 0 Å². The van der Waals surface area contributed by atoms with Gasteiger partial charge in [-0.05, 0) is 13.0 Å². The van der Waals surface area contributed by atoms with Gasteiger partial charge in [0.2, 0.25) is 0 Å². The molecule has 1 heterocycles. The summed E-state index contributed by atoms with van der Waals surface area (Å²) in [7, 11) is 0. The molecule has 0 atom stereocenters. The zero-order valence-electron chi connectivity index (χ0n) is 11.0. The zero-order valence-corrected chi connectivity index (χ0v) is 11.0. The molecule has 1 rings (SSSR count). The van der Waals surface area contributed by atoms with Crippen LogP contribution in [-0.4, -0.2) is 32.8 Å². The van der Waals surface area contributed by atoms with Crippen molar-refractivity contribution in [3.05, 3.63) is 0 Å². The van der Waals surface area contributed by atoms with E-state index in [-0.39, 0.29) is 0 Å². The molecule has 1 saturated heterocycles. The third-order valence-corrected chi connectivity index (χ3v) is 2.65. The molecule has 1 aliphatic rings. The molecular weight excluding hydrogens is 200 g/mol. The first-order chi connectivity index (χ1) is 7.91. The Kier molecular flexibility index (Phi) is 14.8. The lowest BCUT2D eigenvalue weighted by Crippen LogP contribution is -2.30. The lowest BCUT2D eigenvalue weighted by atomic mass is 10.1. The van der Waals surface area contributed by atoms with E-state index in [9.17, 15) is 0 Å². The molecule has 0 unspecified atom stereocenters. The Bertz CT molecular complexity index is 97.0. The second kappa shape index (κ2) is 14.9. The molecule has 98 valence electrons. The molecule has 16 heavy (non-hydrogen) atoms. The van der Waals surface area contributed by atoms with E-state index < -0.39 is 0 Å². The number of ether oxygens (including phenoxy) is 1. The number of rotatable bonds is 7. The Morgan fingerprint density at radius 2 is 1.50 bits per heavy atom. The summed E-state index contributed by atoms with van der Waals surface area (Å²) in [6.07, 6.45) is 9.51. The Hall–Kier alpha value is -0.120. The highest BCUT2D eigenvalue weighted by Crippen LogP contribution is 2.05. The van der Waals surface area contributed by atoms with Gasteiger partial charge in [0.05, 0.1) is 13.2 Å². The molecular formula is C13H30N2O. The van der Waals surface area contributed by atoms with Crippen LogP contribution in [0.25, 0.3) is 0 Å². The lowest BCUT2D eigenvalue weighted by Gasteiger charge is -2.10. The van der Waals surface area contributed by atoms with Crippen molar-refractivity contribution in [2.45, 2.75) is 51.9 Å². The van der Waals surface area contributed by atoms with Crippen LogP contribution in [0, 0.1) is 0 Å². The number of unbranched alkanes of at least 4 members (excludes halogenated alkanes) is 6. The largest absolute Gasteiger partial charge is 0.379 e. The maximum atomic E-state index is 5.37. The van der Waals surface area contributed by atoms with E-state index in [0.717, 1.165) is 32.8 Å². The van der Waals surface area contributed by atoms with Crippen LogP contribution in [-0.2, 0) is 4.74 Å². The van der Waals surface area contributed by atoms with Crippen molar-refractivity contribution in [3.8, 4) is 0 Å². The summed E-state index contributed by atoms with van der Waals surface area (Å²) in [4.78, 5) is 0. The van der Waals surface area contributed by atoms with E-state index in [4.69, 9.17) is 10.5 Å². The van der Waals surface area contributed by atoms with Gasteiger partial charge in [0.15, 0.2) is 0 Å².